The molecule has 25 heavy (non-hydrogen) atoms. The summed E-state index contributed by atoms with van der Waals surface area (Å²) in [5.41, 5.74) is -0.731. The van der Waals surface area contributed by atoms with Gasteiger partial charge in [0.1, 0.15) is 0 Å². The molecule has 0 saturated carbocycles. The molecule has 0 fully saturated rings. The summed E-state index contributed by atoms with van der Waals surface area (Å²) >= 11 is -5.71. The van der Waals surface area contributed by atoms with Gasteiger partial charge in [-0.15, -0.1) is 0 Å². The number of aromatic hydroxyl groups is 1. The van der Waals surface area contributed by atoms with Crippen molar-refractivity contribution >= 4 is 35.8 Å². The normalized spacial score (nSPS) is 11.2. The Labute approximate surface area is 145 Å². The average Bonchev–Trinajstić information content (AvgIpc) is 2.49. The first-order chi connectivity index (χ1) is 11.5. The van der Waals surface area contributed by atoms with Crippen LogP contribution in [0.5, 0.6) is 5.75 Å². The van der Waals surface area contributed by atoms with E-state index in [9.17, 15) is 31.9 Å². The fourth-order valence-corrected chi connectivity index (χ4v) is 4.46. The van der Waals surface area contributed by atoms with Crippen LogP contribution in [0.4, 0.5) is 11.4 Å². The van der Waals surface area contributed by atoms with E-state index in [4.69, 9.17) is 0 Å². The standard InChI is InChI=1S/C15H15AsN2O7/c1-8-7-11(10-5-3-4-6-12(10)18(24)25)13(16(21,22)23)14(15(8)20)17-9(2)19/h3-7,20H,1-2H3,(H,17,19)(H2,21,22,23). The number of hydrogen-bond donors (Lipinski definition) is 4. The zero-order valence-electron chi connectivity index (χ0n) is 13.3. The summed E-state index contributed by atoms with van der Waals surface area (Å²) in [4.78, 5) is 22.0. The summed E-state index contributed by atoms with van der Waals surface area (Å²) in [6.45, 7) is 2.57. The summed E-state index contributed by atoms with van der Waals surface area (Å²) in [6.07, 6.45) is 0. The van der Waals surface area contributed by atoms with Crippen molar-refractivity contribution in [2.45, 2.75) is 13.8 Å². The van der Waals surface area contributed by atoms with Gasteiger partial charge in [0.15, 0.2) is 0 Å². The van der Waals surface area contributed by atoms with Gasteiger partial charge >= 0.3 is 145 Å². The molecule has 0 saturated heterocycles. The summed E-state index contributed by atoms with van der Waals surface area (Å²) in [5.74, 6) is -1.16. The van der Waals surface area contributed by atoms with E-state index in [1.54, 1.807) is 0 Å². The summed E-state index contributed by atoms with van der Waals surface area (Å²) in [5, 5.41) is 23.6. The molecule has 0 aliphatic carbocycles. The predicted octanol–water partition coefficient (Wildman–Crippen LogP) is 0.795. The number of nitro groups is 1. The predicted molar refractivity (Wildman–Crippen MR) is 89.8 cm³/mol. The van der Waals surface area contributed by atoms with Gasteiger partial charge in [0.2, 0.25) is 0 Å². The molecular formula is C15H15AsN2O7. The number of nitrogens with one attached hydrogen (secondary N) is 1. The van der Waals surface area contributed by atoms with E-state index in [1.165, 1.54) is 37.3 Å². The fourth-order valence-electron chi connectivity index (χ4n) is 2.46. The molecule has 0 aliphatic rings. The molecule has 2 aromatic rings. The van der Waals surface area contributed by atoms with Crippen molar-refractivity contribution in [3.8, 4) is 16.9 Å². The molecule has 0 unspecified atom stereocenters. The molecule has 0 aliphatic heterocycles. The third kappa shape index (κ3) is 3.74. The number of phenolic OH excluding ortho intramolecular Hbond substituents is 1. The van der Waals surface area contributed by atoms with Gasteiger partial charge in [-0.2, -0.15) is 0 Å². The molecule has 2 aromatic carbocycles. The van der Waals surface area contributed by atoms with Crippen molar-refractivity contribution in [3.63, 3.8) is 0 Å². The maximum atomic E-state index is 12.1. The first kappa shape index (κ1) is 18.7. The number of phenols is 1. The van der Waals surface area contributed by atoms with Crippen LogP contribution in [0.15, 0.2) is 30.3 Å². The second-order valence-corrected chi connectivity index (χ2v) is 8.53. The molecule has 1 amide bonds. The van der Waals surface area contributed by atoms with Gasteiger partial charge in [0.05, 0.1) is 0 Å². The summed E-state index contributed by atoms with van der Waals surface area (Å²) in [6, 6.07) is 6.70. The van der Waals surface area contributed by atoms with Crippen molar-refractivity contribution < 1.29 is 26.8 Å². The second-order valence-electron chi connectivity index (χ2n) is 5.31. The van der Waals surface area contributed by atoms with Gasteiger partial charge in [0, 0.05) is 0 Å². The minimum atomic E-state index is -5.71. The third-order valence-electron chi connectivity index (χ3n) is 3.45. The van der Waals surface area contributed by atoms with Crippen LogP contribution in [0.2, 0.25) is 0 Å². The van der Waals surface area contributed by atoms with Gasteiger partial charge in [-0.3, -0.25) is 0 Å². The van der Waals surface area contributed by atoms with Crippen LogP contribution < -0.4 is 9.67 Å². The first-order valence-corrected chi connectivity index (χ1v) is 10.4. The zero-order valence-corrected chi connectivity index (χ0v) is 15.1. The molecule has 10 heteroatoms. The number of anilines is 1. The SMILES string of the molecule is CC(=O)Nc1c(O)c(C)cc(-c2ccccc2[N+](=O)[O-])c1[As](=O)(O)O. The maximum absolute atomic E-state index is 12.1. The van der Waals surface area contributed by atoms with E-state index in [2.05, 4.69) is 5.32 Å². The van der Waals surface area contributed by atoms with E-state index in [0.717, 1.165) is 6.92 Å². The molecule has 0 bridgehead atoms. The number of carbonyl (C=O) groups is 1. The first-order valence-electron chi connectivity index (χ1n) is 6.98. The van der Waals surface area contributed by atoms with Crippen LogP contribution in [-0.4, -0.2) is 38.3 Å². The Bertz CT molecular complexity index is 920. The van der Waals surface area contributed by atoms with Crippen molar-refractivity contribution in [2.75, 3.05) is 5.32 Å². The second kappa shape index (κ2) is 6.71. The zero-order chi connectivity index (χ0) is 18.9. The van der Waals surface area contributed by atoms with E-state index in [-0.39, 0.29) is 22.4 Å². The molecule has 4 N–H and O–H groups in total. The number of hydrogen-bond acceptors (Lipinski definition) is 5. The molecule has 2 rings (SSSR count). The molecule has 132 valence electrons. The Morgan fingerprint density at radius 2 is 1.84 bits per heavy atom. The Balaban J connectivity index is 2.97. The number of aryl methyl sites for hydroxylation is 1. The van der Waals surface area contributed by atoms with Gasteiger partial charge in [0.25, 0.3) is 0 Å². The fraction of sp³-hybridized carbons (Fsp3) is 0.133. The van der Waals surface area contributed by atoms with Crippen LogP contribution >= 0.6 is 0 Å². The van der Waals surface area contributed by atoms with Crippen LogP contribution in [0, 0.1) is 17.0 Å². The number of benzene rings is 2. The van der Waals surface area contributed by atoms with E-state index in [1.807, 2.05) is 0 Å². The Morgan fingerprint density at radius 1 is 1.24 bits per heavy atom. The van der Waals surface area contributed by atoms with Gasteiger partial charge < -0.3 is 0 Å². The van der Waals surface area contributed by atoms with Crippen molar-refractivity contribution in [1.29, 1.82) is 0 Å². The van der Waals surface area contributed by atoms with Crippen LogP contribution in [0.25, 0.3) is 11.1 Å². The number of nitro benzene ring substituents is 1. The molecule has 0 heterocycles. The third-order valence-corrected chi connectivity index (χ3v) is 5.64. The topological polar surface area (TPSA) is 150 Å². The van der Waals surface area contributed by atoms with Crippen LogP contribution in [-0.2, 0) is 8.53 Å². The summed E-state index contributed by atoms with van der Waals surface area (Å²) in [7, 11) is 0. The van der Waals surface area contributed by atoms with Gasteiger partial charge in [-0.05, 0) is 0 Å². The van der Waals surface area contributed by atoms with Crippen molar-refractivity contribution in [2.24, 2.45) is 0 Å². The average molecular weight is 410 g/mol. The Hall–Kier alpha value is -2.61. The number of carbonyl (C=O) groups excluding carboxylic acids is 1. The number of nitrogens with zero attached hydrogens (tertiary/aromatic N) is 1. The summed E-state index contributed by atoms with van der Waals surface area (Å²) < 4.78 is 31.1. The quantitative estimate of drug-likeness (QED) is 0.252. The number of amides is 1. The molecular weight excluding hydrogens is 395 g/mol. The number of rotatable bonds is 4. The molecule has 0 aromatic heterocycles. The molecule has 0 atom stereocenters. The monoisotopic (exact) mass is 410 g/mol. The van der Waals surface area contributed by atoms with Crippen molar-refractivity contribution in [3.05, 3.63) is 46.0 Å². The number of para-hydroxylation sites is 1. The molecule has 0 radical (unpaired) electrons. The van der Waals surface area contributed by atoms with Crippen molar-refractivity contribution in [1.82, 2.24) is 0 Å². The van der Waals surface area contributed by atoms with Crippen LogP contribution in [0.1, 0.15) is 12.5 Å². The van der Waals surface area contributed by atoms with E-state index in [0.29, 0.717) is 0 Å². The Kier molecular flexibility index (Phi) is 5.03. The molecule has 0 spiro atoms. The van der Waals surface area contributed by atoms with Crippen LogP contribution in [0.3, 0.4) is 0 Å². The molecule has 9 nitrogen and oxygen atoms in total. The Morgan fingerprint density at radius 3 is 2.36 bits per heavy atom. The van der Waals surface area contributed by atoms with E-state index < -0.39 is 40.8 Å². The minimum absolute atomic E-state index is 0.0260. The van der Waals surface area contributed by atoms with Gasteiger partial charge in [-0.1, -0.05) is 0 Å². The van der Waals surface area contributed by atoms with Gasteiger partial charge in [-0.25, -0.2) is 0 Å². The van der Waals surface area contributed by atoms with E-state index >= 15 is 0 Å².